The van der Waals surface area contributed by atoms with Gasteiger partial charge in [-0.05, 0) is 24.1 Å². The molecule has 0 unspecified atom stereocenters. The summed E-state index contributed by atoms with van der Waals surface area (Å²) in [5.41, 5.74) is 2.01. The molecule has 0 aromatic heterocycles. The molecule has 3 N–H and O–H groups in total. The fourth-order valence-corrected chi connectivity index (χ4v) is 1.51. The van der Waals surface area contributed by atoms with Crippen molar-refractivity contribution >= 4 is 0 Å². The molecule has 0 amide bonds. The van der Waals surface area contributed by atoms with Crippen LogP contribution in [0.1, 0.15) is 30.0 Å². The Morgan fingerprint density at radius 2 is 1.57 bits per heavy atom. The highest BCUT2D eigenvalue weighted by molar-refractivity contribution is 5.43. The predicted octanol–water partition coefficient (Wildman–Crippen LogP) is 1.33. The molecular formula is C11H16O3. The Labute approximate surface area is 83.6 Å². The number of hydrogen-bond donors (Lipinski definition) is 3. The third kappa shape index (κ3) is 2.25. The van der Waals surface area contributed by atoms with Crippen LogP contribution in [-0.2, 0) is 19.6 Å². The second-order valence-corrected chi connectivity index (χ2v) is 3.33. The maximum Gasteiger partial charge on any atom is 0.126 e. The molecule has 0 bridgehead atoms. The molecule has 0 radical (unpaired) electrons. The van der Waals surface area contributed by atoms with Crippen molar-refractivity contribution in [2.45, 2.75) is 33.0 Å². The summed E-state index contributed by atoms with van der Waals surface area (Å²) in [6, 6.07) is 3.55. The summed E-state index contributed by atoms with van der Waals surface area (Å²) in [5, 5.41) is 27.5. The smallest absolute Gasteiger partial charge is 0.126 e. The second-order valence-electron chi connectivity index (χ2n) is 3.33. The number of phenols is 1. The molecule has 78 valence electrons. The van der Waals surface area contributed by atoms with Gasteiger partial charge in [0.25, 0.3) is 0 Å². The van der Waals surface area contributed by atoms with Gasteiger partial charge in [-0.25, -0.2) is 0 Å². The van der Waals surface area contributed by atoms with Crippen LogP contribution in [0, 0.1) is 0 Å². The Morgan fingerprint density at radius 1 is 1.07 bits per heavy atom. The number of rotatable bonds is 4. The first-order chi connectivity index (χ1) is 6.72. The normalized spacial score (nSPS) is 10.5. The summed E-state index contributed by atoms with van der Waals surface area (Å²) in [6.45, 7) is 1.66. The largest absolute Gasteiger partial charge is 0.507 e. The highest BCUT2D eigenvalue weighted by Gasteiger charge is 2.08. The molecule has 0 fully saturated rings. The second kappa shape index (κ2) is 4.98. The molecule has 0 atom stereocenters. The highest BCUT2D eigenvalue weighted by atomic mass is 16.3. The van der Waals surface area contributed by atoms with Gasteiger partial charge in [-0.1, -0.05) is 13.3 Å². The van der Waals surface area contributed by atoms with Crippen LogP contribution in [0.5, 0.6) is 5.75 Å². The first-order valence-corrected chi connectivity index (χ1v) is 4.78. The number of hydrogen-bond acceptors (Lipinski definition) is 3. The first-order valence-electron chi connectivity index (χ1n) is 4.78. The fraction of sp³-hybridized carbons (Fsp3) is 0.455. The van der Waals surface area contributed by atoms with Crippen molar-refractivity contribution in [3.05, 3.63) is 28.8 Å². The zero-order valence-electron chi connectivity index (χ0n) is 8.32. The first kappa shape index (κ1) is 11.0. The van der Waals surface area contributed by atoms with E-state index >= 15 is 0 Å². The molecule has 1 aromatic rings. The monoisotopic (exact) mass is 196 g/mol. The lowest BCUT2D eigenvalue weighted by atomic mass is 10.0. The third-order valence-electron chi connectivity index (χ3n) is 2.21. The van der Waals surface area contributed by atoms with Crippen molar-refractivity contribution in [2.24, 2.45) is 0 Å². The molecule has 1 aromatic carbocycles. The van der Waals surface area contributed by atoms with E-state index in [1.165, 1.54) is 0 Å². The van der Waals surface area contributed by atoms with Crippen LogP contribution in [-0.4, -0.2) is 15.3 Å². The lowest BCUT2D eigenvalue weighted by molar-refractivity contribution is 0.263. The fourth-order valence-electron chi connectivity index (χ4n) is 1.51. The summed E-state index contributed by atoms with van der Waals surface area (Å²) < 4.78 is 0. The van der Waals surface area contributed by atoms with Crippen molar-refractivity contribution in [3.63, 3.8) is 0 Å². The molecule has 3 heteroatoms. The van der Waals surface area contributed by atoms with Crippen molar-refractivity contribution in [1.82, 2.24) is 0 Å². The molecule has 0 heterocycles. The van der Waals surface area contributed by atoms with Gasteiger partial charge in [0.15, 0.2) is 0 Å². The topological polar surface area (TPSA) is 60.7 Å². The van der Waals surface area contributed by atoms with E-state index in [2.05, 4.69) is 6.92 Å². The molecule has 0 aliphatic rings. The summed E-state index contributed by atoms with van der Waals surface area (Å²) >= 11 is 0. The van der Waals surface area contributed by atoms with Gasteiger partial charge in [0.2, 0.25) is 0 Å². The van der Waals surface area contributed by atoms with Gasteiger partial charge in [-0.2, -0.15) is 0 Å². The minimum Gasteiger partial charge on any atom is -0.507 e. The van der Waals surface area contributed by atoms with E-state index in [-0.39, 0.29) is 19.0 Å². The van der Waals surface area contributed by atoms with Gasteiger partial charge in [-0.3, -0.25) is 0 Å². The Hall–Kier alpha value is -1.06. The summed E-state index contributed by atoms with van der Waals surface area (Å²) in [4.78, 5) is 0. The zero-order valence-corrected chi connectivity index (χ0v) is 8.32. The molecule has 0 saturated heterocycles. The minimum atomic E-state index is -0.198. The average molecular weight is 196 g/mol. The van der Waals surface area contributed by atoms with Crippen LogP contribution in [0.4, 0.5) is 0 Å². The number of aryl methyl sites for hydroxylation is 1. The predicted molar refractivity (Wildman–Crippen MR) is 53.9 cm³/mol. The lowest BCUT2D eigenvalue weighted by Crippen LogP contribution is -1.95. The maximum atomic E-state index is 9.56. The van der Waals surface area contributed by atoms with Crippen LogP contribution in [0.2, 0.25) is 0 Å². The summed E-state index contributed by atoms with van der Waals surface area (Å²) in [7, 11) is 0. The van der Waals surface area contributed by atoms with E-state index in [0.717, 1.165) is 18.4 Å². The van der Waals surface area contributed by atoms with Crippen molar-refractivity contribution in [1.29, 1.82) is 0 Å². The number of aliphatic hydroxyl groups is 2. The molecule has 0 aliphatic heterocycles. The van der Waals surface area contributed by atoms with E-state index in [0.29, 0.717) is 11.1 Å². The van der Waals surface area contributed by atoms with E-state index in [1.807, 2.05) is 0 Å². The Kier molecular flexibility index (Phi) is 3.92. The Morgan fingerprint density at radius 3 is 1.93 bits per heavy atom. The highest BCUT2D eigenvalue weighted by Crippen LogP contribution is 2.25. The van der Waals surface area contributed by atoms with Gasteiger partial charge >= 0.3 is 0 Å². The Balaban J connectivity index is 3.11. The Bertz CT molecular complexity index is 282. The van der Waals surface area contributed by atoms with Crippen molar-refractivity contribution in [2.75, 3.05) is 0 Å². The van der Waals surface area contributed by atoms with E-state index in [9.17, 15) is 5.11 Å². The minimum absolute atomic E-state index is 0.00912. The molecule has 14 heavy (non-hydrogen) atoms. The van der Waals surface area contributed by atoms with E-state index in [1.54, 1.807) is 12.1 Å². The number of aliphatic hydroxyl groups excluding tert-OH is 2. The standard InChI is InChI=1S/C11H16O3/c1-2-3-8-4-9(6-12)11(14)10(5-8)7-13/h4-5,12-14H,2-3,6-7H2,1H3. The average Bonchev–Trinajstić information content (AvgIpc) is 2.20. The number of aromatic hydroxyl groups is 1. The van der Waals surface area contributed by atoms with Crippen LogP contribution < -0.4 is 0 Å². The zero-order chi connectivity index (χ0) is 10.6. The molecule has 0 spiro atoms. The molecular weight excluding hydrogens is 180 g/mol. The van der Waals surface area contributed by atoms with Crippen LogP contribution in [0.3, 0.4) is 0 Å². The quantitative estimate of drug-likeness (QED) is 0.680. The van der Waals surface area contributed by atoms with E-state index < -0.39 is 0 Å². The lowest BCUT2D eigenvalue weighted by Gasteiger charge is -2.09. The van der Waals surface area contributed by atoms with Gasteiger partial charge in [0.1, 0.15) is 5.75 Å². The summed E-state index contributed by atoms with van der Waals surface area (Å²) in [6.07, 6.45) is 1.89. The SMILES string of the molecule is CCCc1cc(CO)c(O)c(CO)c1. The molecule has 0 saturated carbocycles. The third-order valence-corrected chi connectivity index (χ3v) is 2.21. The van der Waals surface area contributed by atoms with Crippen LogP contribution in [0.15, 0.2) is 12.1 Å². The molecule has 1 rings (SSSR count). The van der Waals surface area contributed by atoms with E-state index in [4.69, 9.17) is 10.2 Å². The van der Waals surface area contributed by atoms with Crippen molar-refractivity contribution in [3.8, 4) is 5.75 Å². The van der Waals surface area contributed by atoms with Gasteiger partial charge in [0.05, 0.1) is 13.2 Å². The van der Waals surface area contributed by atoms with Gasteiger partial charge < -0.3 is 15.3 Å². The number of benzene rings is 1. The van der Waals surface area contributed by atoms with Gasteiger partial charge in [-0.15, -0.1) is 0 Å². The maximum absolute atomic E-state index is 9.56. The van der Waals surface area contributed by atoms with Crippen LogP contribution >= 0.6 is 0 Å². The van der Waals surface area contributed by atoms with Crippen LogP contribution in [0.25, 0.3) is 0 Å². The molecule has 0 aliphatic carbocycles. The van der Waals surface area contributed by atoms with Crippen molar-refractivity contribution < 1.29 is 15.3 Å². The molecule has 3 nitrogen and oxygen atoms in total. The summed E-state index contributed by atoms with van der Waals surface area (Å²) in [5.74, 6) is 0.00912. The van der Waals surface area contributed by atoms with Gasteiger partial charge in [0, 0.05) is 11.1 Å².